The van der Waals surface area contributed by atoms with Crippen LogP contribution in [0.5, 0.6) is 0 Å². The van der Waals surface area contributed by atoms with Crippen LogP contribution in [0.15, 0.2) is 18.3 Å². The number of pyridine rings is 1. The van der Waals surface area contributed by atoms with Gasteiger partial charge in [-0.25, -0.2) is 9.78 Å². The maximum Gasteiger partial charge on any atom is 0.354 e. The molecule has 0 amide bonds. The lowest BCUT2D eigenvalue weighted by Crippen LogP contribution is -2.15. The summed E-state index contributed by atoms with van der Waals surface area (Å²) in [5, 5.41) is 8.77. The van der Waals surface area contributed by atoms with Crippen molar-refractivity contribution in [1.82, 2.24) is 4.98 Å². The van der Waals surface area contributed by atoms with Crippen LogP contribution in [0.4, 0.5) is 0 Å². The second-order valence-corrected chi connectivity index (χ2v) is 4.11. The van der Waals surface area contributed by atoms with E-state index < -0.39 is 5.97 Å². The van der Waals surface area contributed by atoms with E-state index in [-0.39, 0.29) is 11.8 Å². The van der Waals surface area contributed by atoms with Gasteiger partial charge in [-0.2, -0.15) is 0 Å². The monoisotopic (exact) mass is 223 g/mol. The molecular formula is C12H17NO3. The third-order valence-corrected chi connectivity index (χ3v) is 2.50. The van der Waals surface area contributed by atoms with E-state index in [1.54, 1.807) is 6.07 Å². The molecule has 1 aromatic heterocycles. The molecule has 0 spiro atoms. The van der Waals surface area contributed by atoms with Gasteiger partial charge in [0.2, 0.25) is 0 Å². The molecule has 0 radical (unpaired) electrons. The van der Waals surface area contributed by atoms with Crippen molar-refractivity contribution in [2.24, 2.45) is 5.92 Å². The van der Waals surface area contributed by atoms with Gasteiger partial charge in [-0.1, -0.05) is 13.8 Å². The number of hydrogen-bond acceptors (Lipinski definition) is 3. The molecule has 0 fully saturated rings. The Kier molecular flexibility index (Phi) is 4.43. The van der Waals surface area contributed by atoms with Crippen LogP contribution in [-0.2, 0) is 11.3 Å². The fourth-order valence-electron chi connectivity index (χ4n) is 1.10. The molecule has 0 bridgehead atoms. The average molecular weight is 223 g/mol. The summed E-state index contributed by atoms with van der Waals surface area (Å²) in [5.41, 5.74) is 0.887. The number of hydrogen-bond donors (Lipinski definition) is 1. The molecule has 0 aliphatic heterocycles. The summed E-state index contributed by atoms with van der Waals surface area (Å²) in [4.78, 5) is 14.4. The van der Waals surface area contributed by atoms with Gasteiger partial charge >= 0.3 is 5.97 Å². The first kappa shape index (κ1) is 12.6. The lowest BCUT2D eigenvalue weighted by atomic mass is 10.1. The largest absolute Gasteiger partial charge is 0.477 e. The summed E-state index contributed by atoms with van der Waals surface area (Å²) < 4.78 is 5.60. The predicted molar refractivity (Wildman–Crippen MR) is 60.3 cm³/mol. The molecule has 0 aliphatic carbocycles. The van der Waals surface area contributed by atoms with Crippen LogP contribution in [0.3, 0.4) is 0 Å². The van der Waals surface area contributed by atoms with Crippen molar-refractivity contribution in [2.45, 2.75) is 33.5 Å². The van der Waals surface area contributed by atoms with Crippen molar-refractivity contribution in [3.8, 4) is 0 Å². The highest BCUT2D eigenvalue weighted by Gasteiger charge is 2.09. The second kappa shape index (κ2) is 5.61. The topological polar surface area (TPSA) is 59.4 Å². The molecule has 1 unspecified atom stereocenters. The van der Waals surface area contributed by atoms with E-state index >= 15 is 0 Å². The molecule has 88 valence electrons. The number of aromatic nitrogens is 1. The predicted octanol–water partition coefficient (Wildman–Crippen LogP) is 2.34. The molecule has 0 aromatic carbocycles. The zero-order chi connectivity index (χ0) is 12.1. The fourth-order valence-corrected chi connectivity index (χ4v) is 1.10. The first-order chi connectivity index (χ1) is 7.50. The quantitative estimate of drug-likeness (QED) is 0.832. The Hall–Kier alpha value is -1.42. The Bertz CT molecular complexity index is 363. The molecule has 1 rings (SSSR count). The number of nitrogens with zero attached hydrogens (tertiary/aromatic N) is 1. The van der Waals surface area contributed by atoms with Gasteiger partial charge in [-0.3, -0.25) is 0 Å². The fraction of sp³-hybridized carbons (Fsp3) is 0.500. The molecule has 1 heterocycles. The lowest BCUT2D eigenvalue weighted by Gasteiger charge is -2.16. The van der Waals surface area contributed by atoms with E-state index in [0.717, 1.165) is 5.56 Å². The third kappa shape index (κ3) is 3.62. The number of rotatable bonds is 5. The Balaban J connectivity index is 2.61. The maximum atomic E-state index is 10.7. The van der Waals surface area contributed by atoms with Gasteiger partial charge in [0.1, 0.15) is 5.69 Å². The van der Waals surface area contributed by atoms with E-state index in [1.807, 2.05) is 6.92 Å². The van der Waals surface area contributed by atoms with Gasteiger partial charge in [-0.05, 0) is 30.5 Å². The van der Waals surface area contributed by atoms with Gasteiger partial charge in [0.05, 0.1) is 12.7 Å². The zero-order valence-electron chi connectivity index (χ0n) is 9.80. The van der Waals surface area contributed by atoms with E-state index in [4.69, 9.17) is 9.84 Å². The first-order valence-corrected chi connectivity index (χ1v) is 5.30. The smallest absolute Gasteiger partial charge is 0.354 e. The molecule has 0 aliphatic rings. The average Bonchev–Trinajstić information content (AvgIpc) is 2.26. The highest BCUT2D eigenvalue weighted by atomic mass is 16.5. The van der Waals surface area contributed by atoms with E-state index in [1.165, 1.54) is 12.3 Å². The highest BCUT2D eigenvalue weighted by Crippen LogP contribution is 2.10. The molecule has 0 saturated heterocycles. The lowest BCUT2D eigenvalue weighted by molar-refractivity contribution is 0.0234. The summed E-state index contributed by atoms with van der Waals surface area (Å²) in [6.07, 6.45) is 1.64. The minimum Gasteiger partial charge on any atom is -0.477 e. The van der Waals surface area contributed by atoms with Crippen molar-refractivity contribution in [3.05, 3.63) is 29.6 Å². The third-order valence-electron chi connectivity index (χ3n) is 2.50. The van der Waals surface area contributed by atoms with E-state index in [9.17, 15) is 4.79 Å². The molecule has 4 heteroatoms. The number of ether oxygens (including phenoxy) is 1. The Morgan fingerprint density at radius 2 is 2.19 bits per heavy atom. The van der Waals surface area contributed by atoms with Gasteiger partial charge in [-0.15, -0.1) is 0 Å². The van der Waals surface area contributed by atoms with E-state index in [0.29, 0.717) is 12.5 Å². The normalized spacial score (nSPS) is 12.8. The van der Waals surface area contributed by atoms with Crippen LogP contribution < -0.4 is 0 Å². The SMILES string of the molecule is CC(C)C(C)OCc1ccnc(C(=O)O)c1. The summed E-state index contributed by atoms with van der Waals surface area (Å²) in [6, 6.07) is 3.30. The summed E-state index contributed by atoms with van der Waals surface area (Å²) in [5.74, 6) is -0.570. The van der Waals surface area contributed by atoms with Crippen molar-refractivity contribution in [2.75, 3.05) is 0 Å². The number of carbonyl (C=O) groups is 1. The van der Waals surface area contributed by atoms with Crippen LogP contribution in [0.1, 0.15) is 36.8 Å². The summed E-state index contributed by atoms with van der Waals surface area (Å²) >= 11 is 0. The summed E-state index contributed by atoms with van der Waals surface area (Å²) in [7, 11) is 0. The van der Waals surface area contributed by atoms with Crippen LogP contribution in [0, 0.1) is 5.92 Å². The molecule has 1 N–H and O–H groups in total. The second-order valence-electron chi connectivity index (χ2n) is 4.11. The highest BCUT2D eigenvalue weighted by molar-refractivity contribution is 5.85. The van der Waals surface area contributed by atoms with Crippen LogP contribution in [0.2, 0.25) is 0 Å². The molecule has 0 saturated carbocycles. The first-order valence-electron chi connectivity index (χ1n) is 5.30. The molecular weight excluding hydrogens is 206 g/mol. The molecule has 4 nitrogen and oxygen atoms in total. The molecule has 1 aromatic rings. The van der Waals surface area contributed by atoms with Crippen LogP contribution in [-0.4, -0.2) is 22.2 Å². The minimum absolute atomic E-state index is 0.0540. The zero-order valence-corrected chi connectivity index (χ0v) is 9.80. The number of carboxylic acid groups (broad SMARTS) is 1. The molecule has 1 atom stereocenters. The Labute approximate surface area is 95.3 Å². The van der Waals surface area contributed by atoms with Crippen molar-refractivity contribution < 1.29 is 14.6 Å². The Morgan fingerprint density at radius 1 is 1.50 bits per heavy atom. The van der Waals surface area contributed by atoms with Crippen LogP contribution >= 0.6 is 0 Å². The summed E-state index contributed by atoms with van der Waals surface area (Å²) in [6.45, 7) is 6.59. The van der Waals surface area contributed by atoms with Crippen molar-refractivity contribution in [3.63, 3.8) is 0 Å². The Morgan fingerprint density at radius 3 is 2.75 bits per heavy atom. The van der Waals surface area contributed by atoms with Crippen molar-refractivity contribution >= 4 is 5.97 Å². The minimum atomic E-state index is -1.02. The maximum absolute atomic E-state index is 10.7. The van der Waals surface area contributed by atoms with Crippen LogP contribution in [0.25, 0.3) is 0 Å². The molecule has 16 heavy (non-hydrogen) atoms. The van der Waals surface area contributed by atoms with Gasteiger partial charge in [0.15, 0.2) is 0 Å². The number of carboxylic acids is 1. The standard InChI is InChI=1S/C12H17NO3/c1-8(2)9(3)16-7-10-4-5-13-11(6-10)12(14)15/h4-6,8-9H,7H2,1-3H3,(H,14,15). The van der Waals surface area contributed by atoms with Gasteiger partial charge in [0, 0.05) is 6.20 Å². The van der Waals surface area contributed by atoms with Crippen molar-refractivity contribution in [1.29, 1.82) is 0 Å². The van der Waals surface area contributed by atoms with Gasteiger partial charge < -0.3 is 9.84 Å². The van der Waals surface area contributed by atoms with E-state index in [2.05, 4.69) is 18.8 Å². The number of aromatic carboxylic acids is 1. The van der Waals surface area contributed by atoms with Gasteiger partial charge in [0.25, 0.3) is 0 Å².